The van der Waals surface area contributed by atoms with Gasteiger partial charge in [0.2, 0.25) is 0 Å². The maximum atomic E-state index is 13.8. The summed E-state index contributed by atoms with van der Waals surface area (Å²) < 4.78 is 43.0. The van der Waals surface area contributed by atoms with Gasteiger partial charge in [-0.15, -0.1) is 0 Å². The van der Waals surface area contributed by atoms with Gasteiger partial charge in [-0.1, -0.05) is 0 Å². The summed E-state index contributed by atoms with van der Waals surface area (Å²) in [6.07, 6.45) is 1.98. The predicted molar refractivity (Wildman–Crippen MR) is 172 cm³/mol. The minimum Gasteiger partial charge on any atom is -1.00 e. The molecule has 6 heteroatoms. The fourth-order valence-electron chi connectivity index (χ4n) is 6.19. The first-order valence-corrected chi connectivity index (χ1v) is 17.8. The first kappa shape index (κ1) is 36.2. The first-order valence-electron chi connectivity index (χ1n) is 15.1. The summed E-state index contributed by atoms with van der Waals surface area (Å²) in [5.41, 5.74) is 11.0. The summed E-state index contributed by atoms with van der Waals surface area (Å²) in [5, 5.41) is 0. The quantitative estimate of drug-likeness (QED) is 0.263. The van der Waals surface area contributed by atoms with Crippen molar-refractivity contribution in [3.63, 3.8) is 0 Å². The molecule has 46 heavy (non-hydrogen) atoms. The van der Waals surface area contributed by atoms with Gasteiger partial charge in [0.15, 0.2) is 0 Å². The van der Waals surface area contributed by atoms with Crippen molar-refractivity contribution in [3.05, 3.63) is 157 Å². The Morgan fingerprint density at radius 2 is 1.15 bits per heavy atom. The van der Waals surface area contributed by atoms with Crippen LogP contribution in [0.25, 0.3) is 16.7 Å². The molecule has 0 saturated carbocycles. The zero-order chi connectivity index (χ0) is 31.4. The van der Waals surface area contributed by atoms with Crippen LogP contribution in [0.2, 0.25) is 0 Å². The Labute approximate surface area is 295 Å². The van der Waals surface area contributed by atoms with Crippen LogP contribution in [-0.4, -0.2) is 0 Å². The SMILES string of the molecule is CC(C)(C)c1ccc2c(c1)-c1cc(C(C)(C)C)ccc1[CH]2[Zr+2][C]1=CC=CC1=C(c1ccccc1)c1cccc(C(F)(F)F)c1.[Cl-].[Cl-]. The first-order chi connectivity index (χ1) is 20.7. The third-order valence-electron chi connectivity index (χ3n) is 8.68. The molecule has 0 nitrogen and oxygen atoms in total. The van der Waals surface area contributed by atoms with E-state index in [1.54, 1.807) is 0 Å². The maximum absolute atomic E-state index is 13.8. The molecule has 0 unspecified atom stereocenters. The largest absolute Gasteiger partial charge is 1.00 e. The second kappa shape index (κ2) is 13.5. The molecule has 2 aliphatic carbocycles. The molecule has 0 aliphatic heterocycles. The minimum absolute atomic E-state index is 0. The molecule has 0 atom stereocenters. The molecular formula is C40H37Cl2F3Zr. The van der Waals surface area contributed by atoms with Crippen molar-refractivity contribution in [1.29, 1.82) is 0 Å². The summed E-state index contributed by atoms with van der Waals surface area (Å²) in [6.45, 7) is 13.6. The number of hydrogen-bond donors (Lipinski definition) is 0. The van der Waals surface area contributed by atoms with Crippen LogP contribution in [-0.2, 0) is 40.2 Å². The molecule has 4 aromatic rings. The van der Waals surface area contributed by atoms with Crippen LogP contribution in [0.5, 0.6) is 0 Å². The van der Waals surface area contributed by atoms with Gasteiger partial charge in [-0.05, 0) is 0 Å². The fourth-order valence-corrected chi connectivity index (χ4v) is 10.3. The average Bonchev–Trinajstić information content (AvgIpc) is 3.55. The van der Waals surface area contributed by atoms with Gasteiger partial charge in [0, 0.05) is 0 Å². The standard InChI is InChI=1S/C21H25.C19H12F3.2ClH.Zr/c1-20(2,3)16-9-7-14-11-15-8-10-17(21(4,5)6)13-19(15)18(14)12-16;20-19(21,22)17-12-6-11-16(13-17)18(15-9-4-5-10-15)14-7-2-1-3-8-14;;;/h7-13H,1-6H3;1-9,11-13H;2*1H;/q;;;;+2/p-2. The summed E-state index contributed by atoms with van der Waals surface area (Å²) >= 11 is -1.35. The number of hydrogen-bond acceptors (Lipinski definition) is 0. The molecule has 0 radical (unpaired) electrons. The smallest absolute Gasteiger partial charge is 1.00 e. The van der Waals surface area contributed by atoms with Crippen molar-refractivity contribution in [3.8, 4) is 11.1 Å². The third kappa shape index (κ3) is 7.10. The van der Waals surface area contributed by atoms with E-state index in [9.17, 15) is 13.2 Å². The topological polar surface area (TPSA) is 0 Å². The normalized spacial score (nSPS) is 15.3. The Hall–Kier alpha value is -2.65. The van der Waals surface area contributed by atoms with Crippen molar-refractivity contribution in [2.75, 3.05) is 0 Å². The average molecular weight is 737 g/mol. The van der Waals surface area contributed by atoms with Crippen molar-refractivity contribution < 1.29 is 61.2 Å². The maximum Gasteiger partial charge on any atom is -1.00 e. The van der Waals surface area contributed by atoms with E-state index >= 15 is 0 Å². The summed E-state index contributed by atoms with van der Waals surface area (Å²) in [4.78, 5) is 0. The van der Waals surface area contributed by atoms with E-state index in [1.165, 1.54) is 48.8 Å². The van der Waals surface area contributed by atoms with Gasteiger partial charge in [-0.2, -0.15) is 0 Å². The number of allylic oxidation sites excluding steroid dienone is 5. The molecule has 0 bridgehead atoms. The molecule has 0 heterocycles. The Kier molecular flexibility index (Phi) is 10.6. The summed E-state index contributed by atoms with van der Waals surface area (Å²) in [6, 6.07) is 29.7. The van der Waals surface area contributed by atoms with Crippen molar-refractivity contribution in [1.82, 2.24) is 0 Å². The number of benzene rings is 4. The molecule has 0 fully saturated rings. The van der Waals surface area contributed by atoms with Gasteiger partial charge >= 0.3 is 272 Å². The van der Waals surface area contributed by atoms with Crippen LogP contribution in [0, 0.1) is 0 Å². The van der Waals surface area contributed by atoms with Crippen LogP contribution in [0.1, 0.15) is 84.1 Å². The second-order valence-electron chi connectivity index (χ2n) is 13.9. The number of halogens is 5. The summed E-state index contributed by atoms with van der Waals surface area (Å²) in [7, 11) is 0. The number of rotatable bonds is 4. The Bertz CT molecular complexity index is 1770. The van der Waals surface area contributed by atoms with Gasteiger partial charge in [0.05, 0.1) is 0 Å². The van der Waals surface area contributed by atoms with Gasteiger partial charge in [0.1, 0.15) is 0 Å². The van der Waals surface area contributed by atoms with E-state index in [4.69, 9.17) is 0 Å². The third-order valence-corrected chi connectivity index (χ3v) is 12.8. The van der Waals surface area contributed by atoms with Crippen molar-refractivity contribution in [2.24, 2.45) is 0 Å². The van der Waals surface area contributed by atoms with Gasteiger partial charge in [-0.25, -0.2) is 0 Å². The van der Waals surface area contributed by atoms with E-state index in [-0.39, 0.29) is 35.6 Å². The van der Waals surface area contributed by atoms with Crippen LogP contribution < -0.4 is 24.8 Å². The zero-order valence-electron chi connectivity index (χ0n) is 26.9. The minimum atomic E-state index is -4.40. The number of fused-ring (bicyclic) bond motifs is 3. The second-order valence-corrected chi connectivity index (χ2v) is 17.3. The van der Waals surface area contributed by atoms with Crippen LogP contribution >= 0.6 is 0 Å². The van der Waals surface area contributed by atoms with E-state index in [0.29, 0.717) is 9.19 Å². The van der Waals surface area contributed by atoms with E-state index in [0.717, 1.165) is 22.8 Å². The molecule has 0 aromatic heterocycles. The molecule has 6 rings (SSSR count). The van der Waals surface area contributed by atoms with Gasteiger partial charge in [-0.3, -0.25) is 0 Å². The predicted octanol–water partition coefficient (Wildman–Crippen LogP) is 5.42. The van der Waals surface area contributed by atoms with Gasteiger partial charge in [0.25, 0.3) is 0 Å². The van der Waals surface area contributed by atoms with Crippen LogP contribution in [0.3, 0.4) is 0 Å². The molecule has 0 amide bonds. The molecule has 0 N–H and O–H groups in total. The Balaban J connectivity index is 0.00000240. The molecule has 2 aliphatic rings. The molecule has 0 spiro atoms. The van der Waals surface area contributed by atoms with Gasteiger partial charge < -0.3 is 24.8 Å². The number of alkyl halides is 3. The van der Waals surface area contributed by atoms with Crippen molar-refractivity contribution in [2.45, 2.75) is 62.2 Å². The monoisotopic (exact) mass is 734 g/mol. The van der Waals surface area contributed by atoms with Crippen LogP contribution in [0.4, 0.5) is 13.2 Å². The zero-order valence-corrected chi connectivity index (χ0v) is 30.8. The molecule has 0 saturated heterocycles. The molecule has 236 valence electrons. The van der Waals surface area contributed by atoms with E-state index in [1.807, 2.05) is 36.4 Å². The Morgan fingerprint density at radius 1 is 0.609 bits per heavy atom. The Morgan fingerprint density at radius 3 is 1.67 bits per heavy atom. The summed E-state index contributed by atoms with van der Waals surface area (Å²) in [5.74, 6) is 0. The fraction of sp³-hybridized carbons (Fsp3) is 0.250. The molecular weight excluding hydrogens is 700 g/mol. The van der Waals surface area contributed by atoms with Crippen LogP contribution in [0.15, 0.2) is 118 Å². The van der Waals surface area contributed by atoms with E-state index in [2.05, 4.69) is 96.2 Å². The van der Waals surface area contributed by atoms with E-state index < -0.39 is 35.0 Å². The van der Waals surface area contributed by atoms with Crippen molar-refractivity contribution >= 4 is 5.57 Å². The molecule has 4 aromatic carbocycles.